The Bertz CT molecular complexity index is 289. The molecule has 0 spiro atoms. The predicted molar refractivity (Wildman–Crippen MR) is 62.0 cm³/mol. The van der Waals surface area contributed by atoms with Crippen LogP contribution < -0.4 is 5.73 Å². The van der Waals surface area contributed by atoms with E-state index in [4.69, 9.17) is 15.6 Å². The molecule has 0 amide bonds. The molecule has 3 N–H and O–H groups in total. The average molecular weight is 227 g/mol. The minimum absolute atomic E-state index is 0.0463. The van der Waals surface area contributed by atoms with Crippen molar-refractivity contribution < 1.29 is 9.84 Å². The van der Waals surface area contributed by atoms with E-state index < -0.39 is 0 Å². The normalized spacial score (nSPS) is 12.9. The molecule has 1 rings (SSSR count). The first kappa shape index (κ1) is 13.2. The fourth-order valence-corrected chi connectivity index (χ4v) is 1.63. The number of aliphatic hydroxyl groups excluding tert-OH is 1. The van der Waals surface area contributed by atoms with Gasteiger partial charge in [0.05, 0.1) is 24.7 Å². The zero-order chi connectivity index (χ0) is 11.8. The summed E-state index contributed by atoms with van der Waals surface area (Å²) in [6.45, 7) is 1.66. The molecular weight excluding hydrogens is 206 g/mol. The van der Waals surface area contributed by atoms with Crippen LogP contribution in [0.25, 0.3) is 0 Å². The van der Waals surface area contributed by atoms with Gasteiger partial charge in [0.1, 0.15) is 0 Å². The Kier molecular flexibility index (Phi) is 6.07. The van der Waals surface area contributed by atoms with Gasteiger partial charge in [-0.05, 0) is 19.3 Å². The van der Waals surface area contributed by atoms with Gasteiger partial charge in [0.25, 0.3) is 0 Å². The van der Waals surface area contributed by atoms with Crippen LogP contribution in [0.2, 0.25) is 0 Å². The molecule has 92 valence electrons. The Morgan fingerprint density at radius 3 is 3.00 bits per heavy atom. The van der Waals surface area contributed by atoms with Gasteiger partial charge in [-0.2, -0.15) is 0 Å². The Hall–Kier alpha value is -0.910. The summed E-state index contributed by atoms with van der Waals surface area (Å²) in [7, 11) is 1.72. The fourth-order valence-electron chi connectivity index (χ4n) is 1.63. The Balaban J connectivity index is 2.33. The number of aliphatic hydroxyl groups is 1. The lowest BCUT2D eigenvalue weighted by molar-refractivity contribution is 0.191. The summed E-state index contributed by atoms with van der Waals surface area (Å²) in [5.74, 6) is 0. The van der Waals surface area contributed by atoms with Gasteiger partial charge >= 0.3 is 0 Å². The quantitative estimate of drug-likeness (QED) is 0.641. The molecule has 0 saturated heterocycles. The van der Waals surface area contributed by atoms with E-state index in [1.54, 1.807) is 19.6 Å². The molecule has 0 fully saturated rings. The van der Waals surface area contributed by atoms with Crippen LogP contribution in [0, 0.1) is 0 Å². The van der Waals surface area contributed by atoms with E-state index in [1.807, 2.05) is 4.57 Å². The third-order valence-electron chi connectivity index (χ3n) is 2.57. The monoisotopic (exact) mass is 227 g/mol. The first-order valence-corrected chi connectivity index (χ1v) is 5.65. The highest BCUT2D eigenvalue weighted by molar-refractivity contribution is 5.04. The van der Waals surface area contributed by atoms with E-state index in [2.05, 4.69) is 4.98 Å². The summed E-state index contributed by atoms with van der Waals surface area (Å²) >= 11 is 0. The molecule has 0 aromatic carbocycles. The van der Waals surface area contributed by atoms with Crippen molar-refractivity contribution in [1.82, 2.24) is 9.55 Å². The van der Waals surface area contributed by atoms with Crippen molar-refractivity contribution in [3.05, 3.63) is 18.2 Å². The molecule has 1 unspecified atom stereocenters. The largest absolute Gasteiger partial charge is 0.394 e. The number of rotatable bonds is 8. The van der Waals surface area contributed by atoms with Gasteiger partial charge in [-0.15, -0.1) is 0 Å². The number of hydrogen-bond acceptors (Lipinski definition) is 4. The Morgan fingerprint density at radius 1 is 1.50 bits per heavy atom. The van der Waals surface area contributed by atoms with E-state index in [0.717, 1.165) is 38.1 Å². The number of methoxy groups -OCH3 is 1. The van der Waals surface area contributed by atoms with Crippen molar-refractivity contribution in [3.63, 3.8) is 0 Å². The van der Waals surface area contributed by atoms with Crippen molar-refractivity contribution in [1.29, 1.82) is 0 Å². The first-order valence-electron chi connectivity index (χ1n) is 5.65. The zero-order valence-corrected chi connectivity index (χ0v) is 9.80. The number of aromatic nitrogens is 2. The van der Waals surface area contributed by atoms with Crippen LogP contribution in [-0.4, -0.2) is 35.0 Å². The minimum Gasteiger partial charge on any atom is -0.394 e. The molecule has 0 aliphatic carbocycles. The summed E-state index contributed by atoms with van der Waals surface area (Å²) in [4.78, 5) is 4.05. The van der Waals surface area contributed by atoms with Gasteiger partial charge < -0.3 is 20.1 Å². The molecule has 0 bridgehead atoms. The van der Waals surface area contributed by atoms with Crippen molar-refractivity contribution in [2.45, 2.75) is 31.8 Å². The predicted octanol–water partition coefficient (Wildman–Crippen LogP) is 0.692. The number of imidazole rings is 1. The SMILES string of the molecule is COCCCCCn1cncc1C(N)CO. The number of nitrogens with zero attached hydrogens (tertiary/aromatic N) is 2. The number of aryl methyl sites for hydroxylation is 1. The summed E-state index contributed by atoms with van der Waals surface area (Å²) < 4.78 is 6.99. The highest BCUT2D eigenvalue weighted by Gasteiger charge is 2.09. The summed E-state index contributed by atoms with van der Waals surface area (Å²) in [5, 5.41) is 8.99. The lowest BCUT2D eigenvalue weighted by Crippen LogP contribution is -2.18. The number of nitrogens with two attached hydrogens (primary N) is 1. The van der Waals surface area contributed by atoms with Crippen molar-refractivity contribution in [2.24, 2.45) is 5.73 Å². The van der Waals surface area contributed by atoms with Gasteiger partial charge in [-0.1, -0.05) is 0 Å². The molecule has 1 atom stereocenters. The van der Waals surface area contributed by atoms with Crippen LogP contribution in [-0.2, 0) is 11.3 Å². The second-order valence-corrected chi connectivity index (χ2v) is 3.85. The van der Waals surface area contributed by atoms with Gasteiger partial charge in [0.15, 0.2) is 0 Å². The molecule has 5 nitrogen and oxygen atoms in total. The van der Waals surface area contributed by atoms with Crippen molar-refractivity contribution in [3.8, 4) is 0 Å². The first-order chi connectivity index (χ1) is 7.79. The standard InChI is InChI=1S/C11H21N3O2/c1-16-6-4-2-3-5-14-9-13-7-11(14)10(12)8-15/h7,9-10,15H,2-6,8,12H2,1H3. The Morgan fingerprint density at radius 2 is 2.31 bits per heavy atom. The maximum Gasteiger partial charge on any atom is 0.0948 e. The lowest BCUT2D eigenvalue weighted by Gasteiger charge is -2.12. The molecule has 1 aromatic rings. The smallest absolute Gasteiger partial charge is 0.0948 e. The van der Waals surface area contributed by atoms with E-state index in [-0.39, 0.29) is 12.6 Å². The van der Waals surface area contributed by atoms with Crippen LogP contribution in [0.1, 0.15) is 31.0 Å². The molecule has 0 aliphatic heterocycles. The third kappa shape index (κ3) is 3.92. The molecular formula is C11H21N3O2. The molecule has 16 heavy (non-hydrogen) atoms. The maximum absolute atomic E-state index is 8.99. The second-order valence-electron chi connectivity index (χ2n) is 3.85. The van der Waals surface area contributed by atoms with Crippen LogP contribution in [0.5, 0.6) is 0 Å². The van der Waals surface area contributed by atoms with Gasteiger partial charge in [0.2, 0.25) is 0 Å². The van der Waals surface area contributed by atoms with E-state index in [1.165, 1.54) is 0 Å². The third-order valence-corrected chi connectivity index (χ3v) is 2.57. The lowest BCUT2D eigenvalue weighted by atomic mass is 10.2. The number of hydrogen-bond donors (Lipinski definition) is 2. The van der Waals surface area contributed by atoms with E-state index in [9.17, 15) is 0 Å². The van der Waals surface area contributed by atoms with Crippen molar-refractivity contribution >= 4 is 0 Å². The molecule has 5 heteroatoms. The molecule has 1 aromatic heterocycles. The molecule has 0 saturated carbocycles. The summed E-state index contributed by atoms with van der Waals surface area (Å²) in [6, 6.07) is -0.332. The van der Waals surface area contributed by atoms with Gasteiger partial charge in [-0.3, -0.25) is 0 Å². The van der Waals surface area contributed by atoms with E-state index >= 15 is 0 Å². The Labute approximate surface area is 96.2 Å². The topological polar surface area (TPSA) is 73.3 Å². The molecule has 1 heterocycles. The van der Waals surface area contributed by atoms with Crippen LogP contribution >= 0.6 is 0 Å². The van der Waals surface area contributed by atoms with Gasteiger partial charge in [0, 0.05) is 26.5 Å². The van der Waals surface area contributed by atoms with Crippen LogP contribution in [0.15, 0.2) is 12.5 Å². The van der Waals surface area contributed by atoms with Crippen LogP contribution in [0.3, 0.4) is 0 Å². The van der Waals surface area contributed by atoms with Gasteiger partial charge in [-0.25, -0.2) is 4.98 Å². The zero-order valence-electron chi connectivity index (χ0n) is 9.80. The fraction of sp³-hybridized carbons (Fsp3) is 0.727. The molecule has 0 radical (unpaired) electrons. The summed E-state index contributed by atoms with van der Waals surface area (Å²) in [6.07, 6.45) is 6.76. The minimum atomic E-state index is -0.332. The van der Waals surface area contributed by atoms with E-state index in [0.29, 0.717) is 0 Å². The maximum atomic E-state index is 8.99. The second kappa shape index (κ2) is 7.38. The highest BCUT2D eigenvalue weighted by atomic mass is 16.5. The average Bonchev–Trinajstić information content (AvgIpc) is 2.76. The van der Waals surface area contributed by atoms with Crippen LogP contribution in [0.4, 0.5) is 0 Å². The van der Waals surface area contributed by atoms with Crippen molar-refractivity contribution in [2.75, 3.05) is 20.3 Å². The molecule has 0 aliphatic rings. The summed E-state index contributed by atoms with van der Waals surface area (Å²) in [5.41, 5.74) is 6.66. The highest BCUT2D eigenvalue weighted by Crippen LogP contribution is 2.10. The number of ether oxygens (including phenoxy) is 1. The number of unbranched alkanes of at least 4 members (excludes halogenated alkanes) is 2.